The Hall–Kier alpha value is -0.610. The van der Waals surface area contributed by atoms with Crippen LogP contribution >= 0.6 is 0 Å². The van der Waals surface area contributed by atoms with Crippen molar-refractivity contribution in [2.75, 3.05) is 19.6 Å². The molecule has 2 aliphatic rings. The lowest BCUT2D eigenvalue weighted by Crippen LogP contribution is -2.38. The maximum Gasteiger partial charge on any atom is 0.249 e. The fraction of sp³-hybridized carbons (Fsp3) is 0.933. The largest absolute Gasteiger partial charge is 0.365 e. The van der Waals surface area contributed by atoms with Crippen LogP contribution < -0.4 is 10.6 Å². The van der Waals surface area contributed by atoms with Gasteiger partial charge >= 0.3 is 0 Å². The molecule has 1 saturated heterocycles. The minimum Gasteiger partial charge on any atom is -0.365 e. The van der Waals surface area contributed by atoms with Crippen LogP contribution in [0.15, 0.2) is 0 Å². The van der Waals surface area contributed by atoms with Crippen LogP contribution in [0.3, 0.4) is 0 Å². The van der Waals surface area contributed by atoms with E-state index < -0.39 is 0 Å². The molecule has 0 aromatic heterocycles. The first-order valence-electron chi connectivity index (χ1n) is 7.93. The van der Waals surface area contributed by atoms with Gasteiger partial charge in [-0.1, -0.05) is 19.8 Å². The van der Waals surface area contributed by atoms with Crippen LogP contribution in [0.4, 0.5) is 0 Å². The average molecular weight is 268 g/mol. The highest BCUT2D eigenvalue weighted by molar-refractivity contribution is 5.80. The molecule has 1 saturated carbocycles. The minimum atomic E-state index is -0.246. The van der Waals surface area contributed by atoms with E-state index in [9.17, 15) is 4.79 Å². The molecular formula is C15H28N2O2. The number of hydrogen-bond acceptors (Lipinski definition) is 3. The van der Waals surface area contributed by atoms with Crippen molar-refractivity contribution in [1.82, 2.24) is 10.6 Å². The fourth-order valence-corrected chi connectivity index (χ4v) is 3.07. The number of carbonyl (C=O) groups excluding carboxylic acids is 1. The van der Waals surface area contributed by atoms with Gasteiger partial charge in [0.25, 0.3) is 0 Å². The smallest absolute Gasteiger partial charge is 0.249 e. The van der Waals surface area contributed by atoms with E-state index in [0.29, 0.717) is 6.10 Å². The van der Waals surface area contributed by atoms with Crippen molar-refractivity contribution < 1.29 is 9.53 Å². The highest BCUT2D eigenvalue weighted by Gasteiger charge is 2.24. The third kappa shape index (κ3) is 4.77. The molecule has 4 nitrogen and oxygen atoms in total. The Morgan fingerprint density at radius 2 is 2.16 bits per heavy atom. The van der Waals surface area contributed by atoms with Crippen molar-refractivity contribution in [1.29, 1.82) is 0 Å². The van der Waals surface area contributed by atoms with Gasteiger partial charge in [-0.25, -0.2) is 0 Å². The van der Waals surface area contributed by atoms with Gasteiger partial charge in [0.1, 0.15) is 6.10 Å². The van der Waals surface area contributed by atoms with Gasteiger partial charge < -0.3 is 15.4 Å². The second kappa shape index (κ2) is 7.85. The third-order valence-corrected chi connectivity index (χ3v) is 4.34. The average Bonchev–Trinajstić information content (AvgIpc) is 3.08. The monoisotopic (exact) mass is 268 g/mol. The normalized spacial score (nSPS) is 25.6. The topological polar surface area (TPSA) is 50.4 Å². The highest BCUT2D eigenvalue weighted by Crippen LogP contribution is 2.23. The lowest BCUT2D eigenvalue weighted by Gasteiger charge is -2.20. The van der Waals surface area contributed by atoms with Gasteiger partial charge in [-0.2, -0.15) is 0 Å². The van der Waals surface area contributed by atoms with Gasteiger partial charge in [-0.3, -0.25) is 4.79 Å². The molecule has 0 aromatic rings. The number of rotatable bonds is 7. The van der Waals surface area contributed by atoms with Gasteiger partial charge in [-0.05, 0) is 51.1 Å². The molecule has 1 heterocycles. The molecule has 19 heavy (non-hydrogen) atoms. The second-order valence-corrected chi connectivity index (χ2v) is 5.88. The molecule has 2 unspecified atom stereocenters. The zero-order chi connectivity index (χ0) is 13.5. The second-order valence-electron chi connectivity index (χ2n) is 5.88. The zero-order valence-electron chi connectivity index (χ0n) is 12.1. The molecule has 2 rings (SSSR count). The number of hydrogen-bond donors (Lipinski definition) is 2. The van der Waals surface area contributed by atoms with Crippen molar-refractivity contribution in [2.24, 2.45) is 5.92 Å². The van der Waals surface area contributed by atoms with E-state index >= 15 is 0 Å². The Morgan fingerprint density at radius 3 is 2.79 bits per heavy atom. The third-order valence-electron chi connectivity index (χ3n) is 4.34. The summed E-state index contributed by atoms with van der Waals surface area (Å²) in [7, 11) is 0. The van der Waals surface area contributed by atoms with Crippen LogP contribution in [0.5, 0.6) is 0 Å². The Balaban J connectivity index is 1.64. The van der Waals surface area contributed by atoms with Crippen molar-refractivity contribution in [3.05, 3.63) is 0 Å². The van der Waals surface area contributed by atoms with Gasteiger partial charge in [0.05, 0.1) is 6.10 Å². The Labute approximate surface area is 116 Å². The van der Waals surface area contributed by atoms with E-state index in [4.69, 9.17) is 4.74 Å². The van der Waals surface area contributed by atoms with Crippen molar-refractivity contribution >= 4 is 5.91 Å². The molecule has 2 atom stereocenters. The summed E-state index contributed by atoms with van der Waals surface area (Å²) >= 11 is 0. The molecule has 0 radical (unpaired) electrons. The molecule has 4 heteroatoms. The molecule has 1 amide bonds. The van der Waals surface area contributed by atoms with E-state index in [2.05, 4.69) is 10.6 Å². The summed E-state index contributed by atoms with van der Waals surface area (Å²) < 4.78 is 5.92. The number of carbonyl (C=O) groups is 1. The quantitative estimate of drug-likeness (QED) is 0.741. The van der Waals surface area contributed by atoms with Crippen LogP contribution in [0.2, 0.25) is 0 Å². The summed E-state index contributed by atoms with van der Waals surface area (Å²) in [5, 5.41) is 6.40. The van der Waals surface area contributed by atoms with E-state index in [1.807, 2.05) is 6.92 Å². The van der Waals surface area contributed by atoms with Crippen LogP contribution in [-0.4, -0.2) is 37.7 Å². The van der Waals surface area contributed by atoms with E-state index in [1.54, 1.807) is 0 Å². The zero-order valence-corrected chi connectivity index (χ0v) is 12.1. The molecule has 2 N–H and O–H groups in total. The molecular weight excluding hydrogens is 240 g/mol. The summed E-state index contributed by atoms with van der Waals surface area (Å²) in [5.41, 5.74) is 0. The van der Waals surface area contributed by atoms with Crippen molar-refractivity contribution in [2.45, 2.75) is 64.1 Å². The molecule has 0 bridgehead atoms. The molecule has 110 valence electrons. The molecule has 0 aromatic carbocycles. The fourth-order valence-electron chi connectivity index (χ4n) is 3.07. The minimum absolute atomic E-state index is 0.0837. The summed E-state index contributed by atoms with van der Waals surface area (Å²) in [6.45, 7) is 5.04. The molecule has 1 aliphatic heterocycles. The predicted octanol–water partition coefficient (Wildman–Crippen LogP) is 1.84. The van der Waals surface area contributed by atoms with Crippen molar-refractivity contribution in [3.63, 3.8) is 0 Å². The van der Waals surface area contributed by atoms with E-state index in [0.717, 1.165) is 51.2 Å². The van der Waals surface area contributed by atoms with Gasteiger partial charge in [0.2, 0.25) is 5.91 Å². The summed E-state index contributed by atoms with van der Waals surface area (Å²) in [6.07, 6.45) is 7.90. The summed E-state index contributed by atoms with van der Waals surface area (Å²) in [4.78, 5) is 12.1. The number of nitrogens with one attached hydrogen (secondary N) is 2. The summed E-state index contributed by atoms with van der Waals surface area (Å²) in [5.74, 6) is 0.816. The van der Waals surface area contributed by atoms with E-state index in [-0.39, 0.29) is 12.0 Å². The Bertz CT molecular complexity index is 271. The van der Waals surface area contributed by atoms with Crippen LogP contribution in [0.25, 0.3) is 0 Å². The standard InChI is InChI=1S/C15H28N2O2/c1-2-14(19-13-5-3-4-6-13)15(18)17-10-8-12-7-9-16-11-12/h12-14,16H,2-11H2,1H3,(H,17,18). The first-order valence-corrected chi connectivity index (χ1v) is 7.93. The van der Waals surface area contributed by atoms with Gasteiger partial charge in [0, 0.05) is 6.54 Å². The highest BCUT2D eigenvalue weighted by atomic mass is 16.5. The maximum absolute atomic E-state index is 12.1. The number of amides is 1. The van der Waals surface area contributed by atoms with Crippen LogP contribution in [-0.2, 0) is 9.53 Å². The Kier molecular flexibility index (Phi) is 6.11. The number of ether oxygens (including phenoxy) is 1. The first kappa shape index (κ1) is 14.8. The lowest BCUT2D eigenvalue weighted by atomic mass is 10.1. The first-order chi connectivity index (χ1) is 9.29. The SMILES string of the molecule is CCC(OC1CCCC1)C(=O)NCCC1CCNC1. The molecule has 1 aliphatic carbocycles. The predicted molar refractivity (Wildman–Crippen MR) is 76.0 cm³/mol. The lowest BCUT2D eigenvalue weighted by molar-refractivity contribution is -0.136. The maximum atomic E-state index is 12.1. The van der Waals surface area contributed by atoms with E-state index in [1.165, 1.54) is 19.3 Å². The molecule has 0 spiro atoms. The van der Waals surface area contributed by atoms with Crippen LogP contribution in [0, 0.1) is 5.92 Å². The summed E-state index contributed by atoms with van der Waals surface area (Å²) in [6, 6.07) is 0. The Morgan fingerprint density at radius 1 is 1.37 bits per heavy atom. The molecule has 2 fully saturated rings. The van der Waals surface area contributed by atoms with Gasteiger partial charge in [-0.15, -0.1) is 0 Å². The van der Waals surface area contributed by atoms with Gasteiger partial charge in [0.15, 0.2) is 0 Å². The van der Waals surface area contributed by atoms with Crippen LogP contribution in [0.1, 0.15) is 51.9 Å². The van der Waals surface area contributed by atoms with Crippen molar-refractivity contribution in [3.8, 4) is 0 Å².